The fourth-order valence-electron chi connectivity index (χ4n) is 2.56. The number of hydrogen-bond acceptors (Lipinski definition) is 7. The normalized spacial score (nSPS) is 18.2. The second-order valence-electron chi connectivity index (χ2n) is 5.77. The number of carboxylic acids is 1. The van der Waals surface area contributed by atoms with Crippen molar-refractivity contribution in [1.82, 2.24) is 0 Å². The number of para-hydroxylation sites is 1. The van der Waals surface area contributed by atoms with E-state index in [1.807, 2.05) is 6.07 Å². The highest BCUT2D eigenvalue weighted by atomic mass is 32.2. The number of anilines is 1. The van der Waals surface area contributed by atoms with Crippen molar-refractivity contribution in [1.29, 1.82) is 0 Å². The molecule has 1 atom stereocenters. The molecule has 8 nitrogen and oxygen atoms in total. The van der Waals surface area contributed by atoms with E-state index in [1.165, 1.54) is 24.3 Å². The van der Waals surface area contributed by atoms with Gasteiger partial charge >= 0.3 is 5.97 Å². The summed E-state index contributed by atoms with van der Waals surface area (Å²) in [7, 11) is 1.44. The quantitative estimate of drug-likeness (QED) is 0.571. The van der Waals surface area contributed by atoms with Crippen LogP contribution in [0.3, 0.4) is 0 Å². The van der Waals surface area contributed by atoms with Gasteiger partial charge in [0.1, 0.15) is 5.25 Å². The molecule has 1 unspecified atom stereocenters. The lowest BCUT2D eigenvalue weighted by molar-refractivity contribution is -0.138. The van der Waals surface area contributed by atoms with Crippen molar-refractivity contribution in [3.63, 3.8) is 0 Å². The van der Waals surface area contributed by atoms with Gasteiger partial charge in [-0.3, -0.25) is 14.5 Å². The van der Waals surface area contributed by atoms with Gasteiger partial charge in [0.2, 0.25) is 5.91 Å². The Labute approximate surface area is 165 Å². The zero-order valence-corrected chi connectivity index (χ0v) is 15.7. The molecule has 0 aliphatic carbocycles. The highest BCUT2D eigenvalue weighted by Gasteiger charge is 2.40. The maximum atomic E-state index is 12.7. The maximum absolute atomic E-state index is 12.7. The van der Waals surface area contributed by atoms with Crippen molar-refractivity contribution in [2.24, 2.45) is 10.2 Å². The molecule has 0 saturated carbocycles. The van der Waals surface area contributed by atoms with Crippen LogP contribution in [0.15, 0.2) is 58.7 Å². The zero-order chi connectivity index (χ0) is 20.1. The van der Waals surface area contributed by atoms with Crippen molar-refractivity contribution in [2.75, 3.05) is 12.0 Å². The first kappa shape index (κ1) is 19.4. The van der Waals surface area contributed by atoms with Crippen LogP contribution in [0.2, 0.25) is 0 Å². The number of methoxy groups -OCH3 is 1. The lowest BCUT2D eigenvalue weighted by Gasteiger charge is -2.15. The van der Waals surface area contributed by atoms with Gasteiger partial charge in [0.15, 0.2) is 16.7 Å². The number of aromatic hydroxyl groups is 1. The molecule has 1 aliphatic heterocycles. The minimum Gasteiger partial charge on any atom is -0.504 e. The maximum Gasteiger partial charge on any atom is 0.305 e. The summed E-state index contributed by atoms with van der Waals surface area (Å²) in [5.41, 5.74) is 1.23. The molecule has 1 amide bonds. The van der Waals surface area contributed by atoms with Gasteiger partial charge in [-0.25, -0.2) is 0 Å². The monoisotopic (exact) mass is 399 g/mol. The van der Waals surface area contributed by atoms with Crippen LogP contribution in [-0.2, 0) is 9.59 Å². The number of ether oxygens (including phenoxy) is 1. The van der Waals surface area contributed by atoms with Gasteiger partial charge < -0.3 is 14.9 Å². The summed E-state index contributed by atoms with van der Waals surface area (Å²) >= 11 is 1.06. The van der Waals surface area contributed by atoms with Crippen molar-refractivity contribution < 1.29 is 24.5 Å². The second kappa shape index (κ2) is 8.57. The van der Waals surface area contributed by atoms with Crippen LogP contribution in [0.4, 0.5) is 5.69 Å². The van der Waals surface area contributed by atoms with Crippen molar-refractivity contribution in [3.05, 3.63) is 54.1 Å². The van der Waals surface area contributed by atoms with Crippen LogP contribution in [0.5, 0.6) is 11.5 Å². The Morgan fingerprint density at radius 2 is 2.04 bits per heavy atom. The number of carbonyl (C=O) groups excluding carboxylic acids is 1. The summed E-state index contributed by atoms with van der Waals surface area (Å²) < 4.78 is 5.05. The Hall–Kier alpha value is -3.33. The van der Waals surface area contributed by atoms with E-state index in [0.717, 1.165) is 11.8 Å². The highest BCUT2D eigenvalue weighted by molar-refractivity contribution is 8.16. The first-order valence-corrected chi connectivity index (χ1v) is 9.13. The highest BCUT2D eigenvalue weighted by Crippen LogP contribution is 2.33. The third-order valence-electron chi connectivity index (χ3n) is 3.86. The van der Waals surface area contributed by atoms with Crippen LogP contribution in [0, 0.1) is 0 Å². The third-order valence-corrected chi connectivity index (χ3v) is 4.99. The number of thioether (sulfide) groups is 1. The van der Waals surface area contributed by atoms with E-state index in [2.05, 4.69) is 10.2 Å². The summed E-state index contributed by atoms with van der Waals surface area (Å²) in [4.78, 5) is 25.1. The molecule has 0 bridgehead atoms. The van der Waals surface area contributed by atoms with Gasteiger partial charge in [-0.15, -0.1) is 5.10 Å². The van der Waals surface area contributed by atoms with Gasteiger partial charge in [0.25, 0.3) is 0 Å². The molecule has 1 heterocycles. The van der Waals surface area contributed by atoms with E-state index in [1.54, 1.807) is 36.4 Å². The second-order valence-corrected chi connectivity index (χ2v) is 6.94. The lowest BCUT2D eigenvalue weighted by Crippen LogP contribution is -2.32. The molecule has 28 heavy (non-hydrogen) atoms. The number of amides is 1. The number of carboxylic acid groups (broad SMARTS) is 1. The largest absolute Gasteiger partial charge is 0.504 e. The molecule has 1 aliphatic rings. The number of carbonyl (C=O) groups is 2. The van der Waals surface area contributed by atoms with Gasteiger partial charge in [-0.2, -0.15) is 5.10 Å². The molecule has 144 valence electrons. The predicted molar refractivity (Wildman–Crippen MR) is 107 cm³/mol. The summed E-state index contributed by atoms with van der Waals surface area (Å²) in [6, 6.07) is 13.6. The molecule has 1 fully saturated rings. The fourth-order valence-corrected chi connectivity index (χ4v) is 3.64. The summed E-state index contributed by atoms with van der Waals surface area (Å²) in [5.74, 6) is -1.09. The first-order chi connectivity index (χ1) is 13.5. The molecule has 9 heteroatoms. The van der Waals surface area contributed by atoms with E-state index < -0.39 is 11.2 Å². The van der Waals surface area contributed by atoms with Gasteiger partial charge in [0.05, 0.1) is 25.4 Å². The first-order valence-electron chi connectivity index (χ1n) is 8.25. The minimum atomic E-state index is -1.06. The van der Waals surface area contributed by atoms with Crippen LogP contribution in [0.1, 0.15) is 12.0 Å². The Bertz CT molecular complexity index is 946. The number of benzene rings is 2. The Morgan fingerprint density at radius 3 is 2.71 bits per heavy atom. The Morgan fingerprint density at radius 1 is 1.29 bits per heavy atom. The molecule has 0 radical (unpaired) electrons. The summed E-state index contributed by atoms with van der Waals surface area (Å²) in [6.07, 6.45) is 1.15. The van der Waals surface area contributed by atoms with Crippen LogP contribution < -0.4 is 9.64 Å². The number of phenolic OH excluding ortho intramolecular Hbond substituents is 1. The molecule has 0 spiro atoms. The predicted octanol–water partition coefficient (Wildman–Crippen LogP) is 2.71. The Kier molecular flexibility index (Phi) is 5.95. The lowest BCUT2D eigenvalue weighted by atomic mass is 10.2. The van der Waals surface area contributed by atoms with Crippen LogP contribution in [-0.4, -0.2) is 45.8 Å². The summed E-state index contributed by atoms with van der Waals surface area (Å²) in [5, 5.41) is 26.3. The third kappa shape index (κ3) is 4.32. The average molecular weight is 399 g/mol. The number of aliphatic carboxylic acids is 1. The van der Waals surface area contributed by atoms with Crippen molar-refractivity contribution in [2.45, 2.75) is 11.7 Å². The van der Waals surface area contributed by atoms with E-state index in [9.17, 15) is 14.7 Å². The zero-order valence-electron chi connectivity index (χ0n) is 14.8. The minimum absolute atomic E-state index is 0.00896. The Balaban J connectivity index is 1.88. The van der Waals surface area contributed by atoms with E-state index in [-0.39, 0.29) is 18.1 Å². The number of rotatable bonds is 6. The number of phenols is 1. The number of hydrogen-bond donors (Lipinski definition) is 2. The number of nitrogens with zero attached hydrogens (tertiary/aromatic N) is 3. The number of amidine groups is 1. The molecule has 0 aromatic heterocycles. The topological polar surface area (TPSA) is 112 Å². The molecular formula is C19H17N3O5S. The molecule has 2 aromatic rings. The average Bonchev–Trinajstić information content (AvgIpc) is 2.98. The van der Waals surface area contributed by atoms with Crippen LogP contribution >= 0.6 is 11.8 Å². The van der Waals surface area contributed by atoms with Crippen molar-refractivity contribution in [3.8, 4) is 11.5 Å². The van der Waals surface area contributed by atoms with Gasteiger partial charge in [-0.05, 0) is 35.9 Å². The SMILES string of the molecule is COc1cc(/C=N/N=C2\SC(CC(=O)O)C(=O)N2c2ccccc2)ccc1O. The molecule has 2 aromatic carbocycles. The van der Waals surface area contributed by atoms with Gasteiger partial charge in [-0.1, -0.05) is 30.0 Å². The fraction of sp³-hybridized carbons (Fsp3) is 0.158. The molecule has 3 rings (SSSR count). The summed E-state index contributed by atoms with van der Waals surface area (Å²) in [6.45, 7) is 0. The van der Waals surface area contributed by atoms with Crippen LogP contribution in [0.25, 0.3) is 0 Å². The molecule has 2 N–H and O–H groups in total. The smallest absolute Gasteiger partial charge is 0.305 e. The van der Waals surface area contributed by atoms with Crippen molar-refractivity contribution >= 4 is 40.7 Å². The van der Waals surface area contributed by atoms with E-state index in [4.69, 9.17) is 9.84 Å². The van der Waals surface area contributed by atoms with Gasteiger partial charge in [0, 0.05) is 0 Å². The molecule has 1 saturated heterocycles. The molecular weight excluding hydrogens is 382 g/mol. The van der Waals surface area contributed by atoms with E-state index >= 15 is 0 Å². The standard InChI is InChI=1S/C19H17N3O5S/c1-27-15-9-12(7-8-14(15)23)11-20-21-19-22(13-5-3-2-4-6-13)18(26)16(28-19)10-17(24)25/h2-9,11,16,23H,10H2,1H3,(H,24,25)/b20-11+,21-19-. The van der Waals surface area contributed by atoms with E-state index in [0.29, 0.717) is 22.2 Å².